The molecule has 0 bridgehead atoms. The number of aromatic nitrogens is 4. The Morgan fingerprint density at radius 2 is 2.04 bits per heavy atom. The van der Waals surface area contributed by atoms with E-state index in [1.54, 1.807) is 29.9 Å². The summed E-state index contributed by atoms with van der Waals surface area (Å²) in [5.41, 5.74) is 1.53. The number of sulfonamides is 1. The molecule has 1 unspecified atom stereocenters. The van der Waals surface area contributed by atoms with E-state index in [0.717, 1.165) is 30.6 Å². The normalized spacial score (nSPS) is 19.9. The molecular weight excluding hydrogens is 380 g/mol. The second-order valence-corrected chi connectivity index (χ2v) is 8.54. The van der Waals surface area contributed by atoms with Gasteiger partial charge in [-0.1, -0.05) is 12.1 Å². The summed E-state index contributed by atoms with van der Waals surface area (Å²) in [4.78, 5) is 2.35. The molecule has 3 heterocycles. The number of tetrazole rings is 1. The van der Waals surface area contributed by atoms with Crippen molar-refractivity contribution in [1.29, 1.82) is 0 Å². The fourth-order valence-corrected chi connectivity index (χ4v) is 5.20. The number of hydrogen-bond acceptors (Lipinski definition) is 7. The molecule has 0 aliphatic carbocycles. The van der Waals surface area contributed by atoms with Crippen LogP contribution < -0.4 is 14.4 Å². The second-order valence-electron chi connectivity index (χ2n) is 6.86. The summed E-state index contributed by atoms with van der Waals surface area (Å²) >= 11 is 0. The smallest absolute Gasteiger partial charge is 0.244 e. The number of nitrogens with zero attached hydrogens (tertiary/aromatic N) is 5. The fraction of sp³-hybridized carbons (Fsp3) is 0.278. The van der Waals surface area contributed by atoms with Crippen LogP contribution in [0.1, 0.15) is 12.8 Å². The zero-order valence-corrected chi connectivity index (χ0v) is 15.9. The SMILES string of the molecule is Cn1nnnc1-c1cccc(Oc2ccc3c(c2)S(=O)(=O)NC2CCCN32)c1. The van der Waals surface area contributed by atoms with Crippen LogP contribution in [0.2, 0.25) is 0 Å². The highest BCUT2D eigenvalue weighted by Gasteiger charge is 2.37. The number of hydrogen-bond donors (Lipinski definition) is 1. The van der Waals surface area contributed by atoms with Gasteiger partial charge in [0.2, 0.25) is 10.0 Å². The number of anilines is 1. The van der Waals surface area contributed by atoms with Gasteiger partial charge in [0.05, 0.1) is 11.9 Å². The van der Waals surface area contributed by atoms with Crippen LogP contribution in [0.4, 0.5) is 5.69 Å². The zero-order chi connectivity index (χ0) is 19.3. The standard InChI is InChI=1S/C18H18N6O3S/c1-23-18(19-21-22-23)12-4-2-5-13(10-12)27-14-7-8-15-16(11-14)28(25,26)20-17-6-3-9-24(15)17/h2,4-5,7-8,10-11,17,20H,3,6,9H2,1H3. The highest BCUT2D eigenvalue weighted by atomic mass is 32.2. The van der Waals surface area contributed by atoms with Gasteiger partial charge in [-0.25, -0.2) is 13.1 Å². The van der Waals surface area contributed by atoms with Crippen molar-refractivity contribution in [1.82, 2.24) is 24.9 Å². The number of aryl methyl sites for hydroxylation is 1. The predicted octanol–water partition coefficient (Wildman–Crippen LogP) is 1.89. The van der Waals surface area contributed by atoms with E-state index in [1.807, 2.05) is 24.3 Å². The van der Waals surface area contributed by atoms with E-state index in [0.29, 0.717) is 17.3 Å². The van der Waals surface area contributed by atoms with Gasteiger partial charge >= 0.3 is 0 Å². The molecular formula is C18H18N6O3S. The van der Waals surface area contributed by atoms with Crippen LogP contribution in [0.5, 0.6) is 11.5 Å². The van der Waals surface area contributed by atoms with Crippen molar-refractivity contribution in [3.05, 3.63) is 42.5 Å². The first-order valence-electron chi connectivity index (χ1n) is 8.95. The Bertz CT molecular complexity index is 1160. The minimum Gasteiger partial charge on any atom is -0.457 e. The third-order valence-corrected chi connectivity index (χ3v) is 6.51. The molecule has 0 radical (unpaired) electrons. The number of fused-ring (bicyclic) bond motifs is 3. The van der Waals surface area contributed by atoms with Gasteiger partial charge in [0.25, 0.3) is 0 Å². The molecule has 10 heteroatoms. The quantitative estimate of drug-likeness (QED) is 0.719. The number of nitrogens with one attached hydrogen (secondary N) is 1. The maximum Gasteiger partial charge on any atom is 0.244 e. The lowest BCUT2D eigenvalue weighted by atomic mass is 10.2. The Morgan fingerprint density at radius 1 is 1.18 bits per heavy atom. The first-order chi connectivity index (χ1) is 13.5. The Morgan fingerprint density at radius 3 is 2.86 bits per heavy atom. The monoisotopic (exact) mass is 398 g/mol. The molecule has 144 valence electrons. The summed E-state index contributed by atoms with van der Waals surface area (Å²) in [6.45, 7) is 0.841. The van der Waals surface area contributed by atoms with Crippen molar-refractivity contribution in [2.24, 2.45) is 7.05 Å². The molecule has 2 aromatic carbocycles. The van der Waals surface area contributed by atoms with E-state index >= 15 is 0 Å². The van der Waals surface area contributed by atoms with Gasteiger partial charge < -0.3 is 9.64 Å². The van der Waals surface area contributed by atoms with E-state index in [-0.39, 0.29) is 11.1 Å². The maximum absolute atomic E-state index is 12.6. The molecule has 3 aromatic rings. The Labute approximate surface area is 162 Å². The van der Waals surface area contributed by atoms with Crippen molar-refractivity contribution >= 4 is 15.7 Å². The molecule has 2 aliphatic heterocycles. The van der Waals surface area contributed by atoms with Gasteiger partial charge in [0.1, 0.15) is 16.4 Å². The molecule has 5 rings (SSSR count). The third-order valence-electron chi connectivity index (χ3n) is 5.02. The number of benzene rings is 2. The average Bonchev–Trinajstić information content (AvgIpc) is 3.30. The summed E-state index contributed by atoms with van der Waals surface area (Å²) < 4.78 is 35.6. The molecule has 28 heavy (non-hydrogen) atoms. The average molecular weight is 398 g/mol. The van der Waals surface area contributed by atoms with Crippen LogP contribution in [0, 0.1) is 0 Å². The van der Waals surface area contributed by atoms with Crippen LogP contribution in [0.15, 0.2) is 47.4 Å². The van der Waals surface area contributed by atoms with Crippen LogP contribution in [0.25, 0.3) is 11.4 Å². The molecule has 1 aromatic heterocycles. The van der Waals surface area contributed by atoms with Crippen LogP contribution in [0.3, 0.4) is 0 Å². The van der Waals surface area contributed by atoms with Gasteiger partial charge in [0.15, 0.2) is 5.82 Å². The van der Waals surface area contributed by atoms with Gasteiger partial charge in [-0.05, 0) is 47.5 Å². The van der Waals surface area contributed by atoms with Crippen molar-refractivity contribution < 1.29 is 13.2 Å². The maximum atomic E-state index is 12.6. The summed E-state index contributed by atoms with van der Waals surface area (Å²) in [6.07, 6.45) is 1.64. The highest BCUT2D eigenvalue weighted by Crippen LogP contribution is 2.38. The number of rotatable bonds is 3. The Balaban J connectivity index is 1.48. The second kappa shape index (κ2) is 6.28. The third kappa shape index (κ3) is 2.81. The molecule has 2 aliphatic rings. The molecule has 1 saturated heterocycles. The van der Waals surface area contributed by atoms with Crippen molar-refractivity contribution in [3.8, 4) is 22.9 Å². The van der Waals surface area contributed by atoms with E-state index in [4.69, 9.17) is 4.74 Å². The first-order valence-corrected chi connectivity index (χ1v) is 10.4. The van der Waals surface area contributed by atoms with E-state index in [2.05, 4.69) is 25.1 Å². The largest absolute Gasteiger partial charge is 0.457 e. The summed E-state index contributed by atoms with van der Waals surface area (Å²) in [5.74, 6) is 1.64. The van der Waals surface area contributed by atoms with Crippen molar-refractivity contribution in [2.75, 3.05) is 11.4 Å². The summed E-state index contributed by atoms with van der Waals surface area (Å²) in [7, 11) is -1.80. The van der Waals surface area contributed by atoms with Crippen molar-refractivity contribution in [2.45, 2.75) is 23.9 Å². The molecule has 9 nitrogen and oxygen atoms in total. The van der Waals surface area contributed by atoms with E-state index in [9.17, 15) is 8.42 Å². The van der Waals surface area contributed by atoms with Gasteiger partial charge in [-0.3, -0.25) is 0 Å². The molecule has 0 amide bonds. The summed E-state index contributed by atoms with van der Waals surface area (Å²) in [6, 6.07) is 12.5. The lowest BCUT2D eigenvalue weighted by Crippen LogP contribution is -2.48. The minimum atomic E-state index is -3.56. The lowest BCUT2D eigenvalue weighted by molar-refractivity contribution is 0.479. The molecule has 1 atom stereocenters. The van der Waals surface area contributed by atoms with Crippen molar-refractivity contribution in [3.63, 3.8) is 0 Å². The van der Waals surface area contributed by atoms with Crippen LogP contribution in [-0.4, -0.2) is 41.3 Å². The van der Waals surface area contributed by atoms with Gasteiger partial charge in [-0.2, -0.15) is 4.72 Å². The molecule has 1 fully saturated rings. The molecule has 1 N–H and O–H groups in total. The highest BCUT2D eigenvalue weighted by molar-refractivity contribution is 7.89. The van der Waals surface area contributed by atoms with Crippen LogP contribution in [-0.2, 0) is 17.1 Å². The van der Waals surface area contributed by atoms with Crippen LogP contribution >= 0.6 is 0 Å². The molecule has 0 saturated carbocycles. The van der Waals surface area contributed by atoms with E-state index in [1.165, 1.54) is 0 Å². The zero-order valence-electron chi connectivity index (χ0n) is 15.1. The van der Waals surface area contributed by atoms with Gasteiger partial charge in [0, 0.05) is 25.2 Å². The predicted molar refractivity (Wildman–Crippen MR) is 101 cm³/mol. The Kier molecular flexibility index (Phi) is 3.84. The number of ether oxygens (including phenoxy) is 1. The minimum absolute atomic E-state index is 0.152. The Hall–Kier alpha value is -2.98. The molecule has 0 spiro atoms. The lowest BCUT2D eigenvalue weighted by Gasteiger charge is -2.33. The fourth-order valence-electron chi connectivity index (χ4n) is 3.74. The van der Waals surface area contributed by atoms with Gasteiger partial charge in [-0.15, -0.1) is 5.10 Å². The summed E-state index contributed by atoms with van der Waals surface area (Å²) in [5, 5.41) is 11.5. The topological polar surface area (TPSA) is 102 Å². The van der Waals surface area contributed by atoms with E-state index < -0.39 is 10.0 Å². The first kappa shape index (κ1) is 17.1.